The number of carbonyl (C=O) groups is 3. The number of carbonyl (C=O) groups excluding carboxylic acids is 3. The largest absolute Gasteiger partial charge is 0.493 e. The second-order valence-corrected chi connectivity index (χ2v) is 9.18. The van der Waals surface area contributed by atoms with E-state index < -0.39 is 17.8 Å². The highest BCUT2D eigenvalue weighted by atomic mass is 19.1. The Bertz CT molecular complexity index is 1260. The number of amides is 3. The average molecular weight is 541 g/mol. The van der Waals surface area contributed by atoms with Crippen molar-refractivity contribution < 1.29 is 33.0 Å². The summed E-state index contributed by atoms with van der Waals surface area (Å²) < 4.78 is 29.7. The topological polar surface area (TPSA) is 101 Å². The number of urea groups is 1. The van der Waals surface area contributed by atoms with Gasteiger partial charge in [0.25, 0.3) is 5.91 Å². The number of halogens is 1. The van der Waals surface area contributed by atoms with Gasteiger partial charge < -0.3 is 24.4 Å². The molecule has 1 atom stereocenters. The summed E-state index contributed by atoms with van der Waals surface area (Å²) in [4.78, 5) is 44.5. The van der Waals surface area contributed by atoms with Crippen LogP contribution < -0.4 is 14.8 Å². The maximum absolute atomic E-state index is 13.3. The van der Waals surface area contributed by atoms with Crippen LogP contribution >= 0.6 is 0 Å². The second kappa shape index (κ2) is 12.2. The van der Waals surface area contributed by atoms with Gasteiger partial charge in [0.15, 0.2) is 11.5 Å². The number of esters is 1. The van der Waals surface area contributed by atoms with Crippen molar-refractivity contribution >= 4 is 17.9 Å². The molecule has 0 radical (unpaired) electrons. The molecule has 0 aromatic heterocycles. The van der Waals surface area contributed by atoms with Crippen molar-refractivity contribution in [2.45, 2.75) is 13.0 Å². The van der Waals surface area contributed by atoms with Gasteiger partial charge in [-0.3, -0.25) is 14.6 Å². The molecule has 2 aliphatic heterocycles. The Hall–Kier alpha value is -4.12. The third-order valence-electron chi connectivity index (χ3n) is 6.94. The fraction of sp³-hybridized carbons (Fsp3) is 0.393. The number of methoxy groups -OCH3 is 2. The van der Waals surface area contributed by atoms with E-state index in [-0.39, 0.29) is 18.5 Å². The number of rotatable bonds is 8. The normalized spacial score (nSPS) is 18.1. The molecule has 39 heavy (non-hydrogen) atoms. The molecule has 0 aliphatic carbocycles. The summed E-state index contributed by atoms with van der Waals surface area (Å²) in [6.45, 7) is 4.12. The van der Waals surface area contributed by atoms with Crippen molar-refractivity contribution in [3.8, 4) is 11.5 Å². The van der Waals surface area contributed by atoms with E-state index in [0.717, 1.165) is 0 Å². The molecule has 1 N–H and O–H groups in total. The monoisotopic (exact) mass is 540 g/mol. The lowest BCUT2D eigenvalue weighted by atomic mass is 9.93. The summed E-state index contributed by atoms with van der Waals surface area (Å²) in [7, 11) is 4.62. The van der Waals surface area contributed by atoms with Gasteiger partial charge in [0.05, 0.1) is 32.4 Å². The van der Waals surface area contributed by atoms with Crippen LogP contribution in [0.25, 0.3) is 0 Å². The number of piperazine rings is 1. The molecule has 1 unspecified atom stereocenters. The van der Waals surface area contributed by atoms with Gasteiger partial charge in [-0.05, 0) is 37.3 Å². The van der Waals surface area contributed by atoms with E-state index in [1.807, 2.05) is 0 Å². The molecule has 2 aliphatic rings. The van der Waals surface area contributed by atoms with Crippen LogP contribution in [0.5, 0.6) is 11.5 Å². The number of hydrogen-bond donors (Lipinski definition) is 1. The molecule has 0 spiro atoms. The van der Waals surface area contributed by atoms with Crippen LogP contribution in [0, 0.1) is 5.82 Å². The van der Waals surface area contributed by atoms with Crippen molar-refractivity contribution in [1.82, 2.24) is 20.0 Å². The van der Waals surface area contributed by atoms with E-state index >= 15 is 0 Å². The predicted octanol–water partition coefficient (Wildman–Crippen LogP) is 2.81. The molecule has 2 heterocycles. The molecule has 4 rings (SSSR count). The van der Waals surface area contributed by atoms with Gasteiger partial charge in [0.2, 0.25) is 0 Å². The Kier molecular flexibility index (Phi) is 8.70. The first-order valence-electron chi connectivity index (χ1n) is 12.7. The van der Waals surface area contributed by atoms with Crippen LogP contribution in [0.15, 0.2) is 53.7 Å². The van der Waals surface area contributed by atoms with E-state index in [0.29, 0.717) is 66.6 Å². The Morgan fingerprint density at radius 3 is 2.33 bits per heavy atom. The van der Waals surface area contributed by atoms with Crippen LogP contribution in [0.3, 0.4) is 0 Å². The zero-order valence-corrected chi connectivity index (χ0v) is 22.5. The minimum atomic E-state index is -0.825. The lowest BCUT2D eigenvalue weighted by molar-refractivity contribution is -0.139. The molecule has 2 aromatic carbocycles. The molecule has 11 heteroatoms. The standard InChI is InChI=1S/C28H33FN4O6/c1-5-39-27(35)23-21(17-32-13-15-33(16-14-32)26(34)18-9-11-19(29)12-10-18)31(2)28(36)30-24(23)20-7-6-8-22(37-3)25(20)38-4/h6-12,24H,5,13-17H2,1-4H3,(H,30,36). The highest BCUT2D eigenvalue weighted by molar-refractivity contribution is 5.96. The fourth-order valence-corrected chi connectivity index (χ4v) is 4.87. The van der Waals surface area contributed by atoms with Gasteiger partial charge >= 0.3 is 12.0 Å². The van der Waals surface area contributed by atoms with Crippen molar-refractivity contribution in [2.75, 3.05) is 60.6 Å². The minimum absolute atomic E-state index is 0.166. The fourth-order valence-electron chi connectivity index (χ4n) is 4.87. The summed E-state index contributed by atoms with van der Waals surface area (Å²) in [6, 6.07) is 9.56. The van der Waals surface area contributed by atoms with E-state index in [1.54, 1.807) is 37.1 Å². The molecule has 3 amide bonds. The van der Waals surface area contributed by atoms with E-state index in [2.05, 4.69) is 10.2 Å². The van der Waals surface area contributed by atoms with Gasteiger partial charge in [0, 0.05) is 56.6 Å². The molecule has 2 aromatic rings. The SMILES string of the molecule is CCOC(=O)C1=C(CN2CCN(C(=O)c3ccc(F)cc3)CC2)N(C)C(=O)NC1c1cccc(OC)c1OC. The molecule has 10 nitrogen and oxygen atoms in total. The first kappa shape index (κ1) is 27.9. The van der Waals surface area contributed by atoms with Gasteiger partial charge in [-0.1, -0.05) is 12.1 Å². The van der Waals surface area contributed by atoms with Crippen LogP contribution in [0.1, 0.15) is 28.9 Å². The summed E-state index contributed by atoms with van der Waals surface area (Å²) in [6.07, 6.45) is 0. The lowest BCUT2D eigenvalue weighted by Crippen LogP contribution is -2.53. The number of hydrogen-bond acceptors (Lipinski definition) is 7. The van der Waals surface area contributed by atoms with Gasteiger partial charge in [-0.2, -0.15) is 0 Å². The van der Waals surface area contributed by atoms with Crippen LogP contribution in [-0.2, 0) is 9.53 Å². The van der Waals surface area contributed by atoms with Crippen LogP contribution in [0.2, 0.25) is 0 Å². The lowest BCUT2D eigenvalue weighted by Gasteiger charge is -2.39. The maximum Gasteiger partial charge on any atom is 0.338 e. The zero-order chi connectivity index (χ0) is 28.1. The molecule has 0 bridgehead atoms. The van der Waals surface area contributed by atoms with Crippen LogP contribution in [-0.4, -0.2) is 93.2 Å². The van der Waals surface area contributed by atoms with Crippen molar-refractivity contribution in [1.29, 1.82) is 0 Å². The zero-order valence-electron chi connectivity index (χ0n) is 22.5. The summed E-state index contributed by atoms with van der Waals surface area (Å²) in [5, 5.41) is 2.90. The molecule has 1 fully saturated rings. The Labute approximate surface area is 226 Å². The Morgan fingerprint density at radius 1 is 1.03 bits per heavy atom. The van der Waals surface area contributed by atoms with E-state index in [9.17, 15) is 18.8 Å². The van der Waals surface area contributed by atoms with Crippen molar-refractivity contribution in [3.05, 3.63) is 70.7 Å². The third-order valence-corrected chi connectivity index (χ3v) is 6.94. The highest BCUT2D eigenvalue weighted by Crippen LogP contribution is 2.40. The molecular formula is C28H33FN4O6. The number of benzene rings is 2. The molecule has 208 valence electrons. The molecular weight excluding hydrogens is 507 g/mol. The van der Waals surface area contributed by atoms with Gasteiger partial charge in [-0.15, -0.1) is 0 Å². The highest BCUT2D eigenvalue weighted by Gasteiger charge is 2.39. The number of ether oxygens (including phenoxy) is 3. The molecule has 1 saturated heterocycles. The predicted molar refractivity (Wildman–Crippen MR) is 141 cm³/mol. The number of nitrogens with one attached hydrogen (secondary N) is 1. The summed E-state index contributed by atoms with van der Waals surface area (Å²) in [5.41, 5.74) is 1.80. The smallest absolute Gasteiger partial charge is 0.338 e. The van der Waals surface area contributed by atoms with E-state index in [4.69, 9.17) is 14.2 Å². The Balaban J connectivity index is 1.62. The third kappa shape index (κ3) is 5.83. The average Bonchev–Trinajstić information content (AvgIpc) is 2.95. The number of likely N-dealkylation sites (N-methyl/N-ethyl adjacent to an activating group) is 1. The number of nitrogens with zero attached hydrogens (tertiary/aromatic N) is 3. The second-order valence-electron chi connectivity index (χ2n) is 9.18. The Morgan fingerprint density at radius 2 is 1.72 bits per heavy atom. The van der Waals surface area contributed by atoms with Crippen molar-refractivity contribution in [2.24, 2.45) is 0 Å². The van der Waals surface area contributed by atoms with Gasteiger partial charge in [-0.25, -0.2) is 14.0 Å². The summed E-state index contributed by atoms with van der Waals surface area (Å²) in [5.74, 6) is -0.230. The quantitative estimate of drug-likeness (QED) is 0.514. The number of para-hydroxylation sites is 1. The van der Waals surface area contributed by atoms with E-state index in [1.165, 1.54) is 43.4 Å². The van der Waals surface area contributed by atoms with Gasteiger partial charge in [0.1, 0.15) is 5.82 Å². The summed E-state index contributed by atoms with van der Waals surface area (Å²) >= 11 is 0. The van der Waals surface area contributed by atoms with Crippen LogP contribution in [0.4, 0.5) is 9.18 Å². The first-order chi connectivity index (χ1) is 18.8. The minimum Gasteiger partial charge on any atom is -0.493 e. The molecule has 0 saturated carbocycles. The maximum atomic E-state index is 13.3. The first-order valence-corrected chi connectivity index (χ1v) is 12.7. The van der Waals surface area contributed by atoms with Crippen molar-refractivity contribution in [3.63, 3.8) is 0 Å².